The Morgan fingerprint density at radius 1 is 1.12 bits per heavy atom. The first-order valence-corrected chi connectivity index (χ1v) is 8.15. The number of nitrogens with zero attached hydrogens (tertiary/aromatic N) is 1. The molecule has 0 radical (unpaired) electrons. The maximum atomic E-state index is 11.3. The van der Waals surface area contributed by atoms with Crippen LogP contribution in [-0.4, -0.2) is 30.1 Å². The van der Waals surface area contributed by atoms with Gasteiger partial charge < -0.3 is 14.7 Å². The smallest absolute Gasteiger partial charge is 0.309 e. The van der Waals surface area contributed by atoms with Crippen molar-refractivity contribution in [1.82, 2.24) is 0 Å². The molecule has 0 unspecified atom stereocenters. The monoisotopic (exact) mass is 337 g/mol. The molecule has 0 amide bonds. The van der Waals surface area contributed by atoms with Crippen LogP contribution >= 0.6 is 0 Å². The lowest BCUT2D eigenvalue weighted by Gasteiger charge is -2.08. The van der Waals surface area contributed by atoms with Crippen molar-refractivity contribution in [3.8, 4) is 5.75 Å². The highest BCUT2D eigenvalue weighted by Crippen LogP contribution is 2.20. The van der Waals surface area contributed by atoms with E-state index in [1.807, 2.05) is 54.6 Å². The highest BCUT2D eigenvalue weighted by Gasteiger charge is 2.15. The number of fused-ring (bicyclic) bond motifs is 1. The van der Waals surface area contributed by atoms with E-state index in [9.17, 15) is 10.0 Å². The quantitative estimate of drug-likeness (QED) is 0.496. The fourth-order valence-electron chi connectivity index (χ4n) is 2.79. The standard InChI is InChI=1S/C20H19NO4/c1-2-24-19(22)11-12-25-16-9-7-14(8-10-16)20-17-6-4-3-5-15(17)13-18(20)21-23/h3-10,13,23H,2,11-12H2,1H3. The molecule has 2 aromatic rings. The first-order valence-electron chi connectivity index (χ1n) is 8.15. The molecule has 0 saturated carbocycles. The average molecular weight is 337 g/mol. The molecule has 5 nitrogen and oxygen atoms in total. The van der Waals surface area contributed by atoms with E-state index in [1.165, 1.54) is 0 Å². The Morgan fingerprint density at radius 2 is 1.88 bits per heavy atom. The number of carbonyl (C=O) groups excluding carboxylic acids is 1. The molecule has 1 N–H and O–H groups in total. The van der Waals surface area contributed by atoms with Gasteiger partial charge in [-0.05, 0) is 41.1 Å². The number of hydrogen-bond acceptors (Lipinski definition) is 5. The van der Waals surface area contributed by atoms with Crippen LogP contribution in [0, 0.1) is 0 Å². The summed E-state index contributed by atoms with van der Waals surface area (Å²) in [7, 11) is 0. The van der Waals surface area contributed by atoms with Crippen LogP contribution in [0.15, 0.2) is 53.7 Å². The van der Waals surface area contributed by atoms with Gasteiger partial charge in [-0.2, -0.15) is 0 Å². The first kappa shape index (κ1) is 16.8. The fourth-order valence-corrected chi connectivity index (χ4v) is 2.79. The summed E-state index contributed by atoms with van der Waals surface area (Å²) in [5.74, 6) is 0.406. The summed E-state index contributed by atoms with van der Waals surface area (Å²) < 4.78 is 10.4. The highest BCUT2D eigenvalue weighted by molar-refractivity contribution is 6.38. The van der Waals surface area contributed by atoms with Crippen LogP contribution in [0.4, 0.5) is 0 Å². The SMILES string of the molecule is CCOC(=O)CCOc1ccc(C2=c3ccccc3=CC2=NO)cc1. The van der Waals surface area contributed by atoms with Crippen molar-refractivity contribution in [3.63, 3.8) is 0 Å². The first-order chi connectivity index (χ1) is 12.2. The average Bonchev–Trinajstić information content (AvgIpc) is 3.01. The van der Waals surface area contributed by atoms with Crippen LogP contribution < -0.4 is 15.2 Å². The number of carbonyl (C=O) groups is 1. The summed E-state index contributed by atoms with van der Waals surface area (Å²) in [5.41, 5.74) is 2.36. The minimum atomic E-state index is -0.267. The Morgan fingerprint density at radius 3 is 2.60 bits per heavy atom. The molecule has 0 fully saturated rings. The largest absolute Gasteiger partial charge is 0.493 e. The van der Waals surface area contributed by atoms with Gasteiger partial charge in [-0.25, -0.2) is 0 Å². The van der Waals surface area contributed by atoms with E-state index in [4.69, 9.17) is 9.47 Å². The second-order valence-electron chi connectivity index (χ2n) is 5.52. The summed E-state index contributed by atoms with van der Waals surface area (Å²) in [6.45, 7) is 2.42. The number of benzene rings is 2. The Hall–Kier alpha value is -3.08. The van der Waals surface area contributed by atoms with E-state index < -0.39 is 0 Å². The molecule has 0 spiro atoms. The van der Waals surface area contributed by atoms with Crippen LogP contribution in [0.3, 0.4) is 0 Å². The third-order valence-corrected chi connectivity index (χ3v) is 3.91. The molecule has 2 aromatic carbocycles. The van der Waals surface area contributed by atoms with E-state index in [-0.39, 0.29) is 19.0 Å². The fraction of sp³-hybridized carbons (Fsp3) is 0.200. The molecule has 5 heteroatoms. The Kier molecular flexibility index (Phi) is 5.14. The van der Waals surface area contributed by atoms with Gasteiger partial charge in [0.15, 0.2) is 0 Å². The molecule has 0 bridgehead atoms. The van der Waals surface area contributed by atoms with Crippen LogP contribution in [-0.2, 0) is 9.53 Å². The molecule has 25 heavy (non-hydrogen) atoms. The molecule has 1 aliphatic rings. The van der Waals surface area contributed by atoms with Crippen LogP contribution in [0.5, 0.6) is 5.75 Å². The lowest BCUT2D eigenvalue weighted by molar-refractivity contribution is -0.143. The van der Waals surface area contributed by atoms with Gasteiger partial charge in [0, 0.05) is 5.57 Å². The van der Waals surface area contributed by atoms with Crippen LogP contribution in [0.1, 0.15) is 18.9 Å². The highest BCUT2D eigenvalue weighted by atomic mass is 16.5. The lowest BCUT2D eigenvalue weighted by Crippen LogP contribution is -2.22. The molecule has 1 aliphatic carbocycles. The maximum absolute atomic E-state index is 11.3. The lowest BCUT2D eigenvalue weighted by atomic mass is 10.0. The maximum Gasteiger partial charge on any atom is 0.309 e. The molecule has 0 aliphatic heterocycles. The third kappa shape index (κ3) is 3.71. The molecule has 128 valence electrons. The Bertz CT molecular complexity index is 913. The number of hydrogen-bond donors (Lipinski definition) is 1. The van der Waals surface area contributed by atoms with E-state index in [0.29, 0.717) is 18.1 Å². The topological polar surface area (TPSA) is 68.1 Å². The van der Waals surface area contributed by atoms with Gasteiger partial charge in [-0.3, -0.25) is 4.79 Å². The number of esters is 1. The van der Waals surface area contributed by atoms with Crippen LogP contribution in [0.2, 0.25) is 0 Å². The predicted molar refractivity (Wildman–Crippen MR) is 95.1 cm³/mol. The van der Waals surface area contributed by atoms with E-state index in [0.717, 1.165) is 21.6 Å². The van der Waals surface area contributed by atoms with Gasteiger partial charge in [0.25, 0.3) is 0 Å². The summed E-state index contributed by atoms with van der Waals surface area (Å²) in [6, 6.07) is 15.4. The molecule has 0 atom stereocenters. The zero-order valence-electron chi connectivity index (χ0n) is 13.9. The minimum Gasteiger partial charge on any atom is -0.493 e. The van der Waals surface area contributed by atoms with Gasteiger partial charge in [-0.1, -0.05) is 41.6 Å². The zero-order chi connectivity index (χ0) is 17.6. The second kappa shape index (κ2) is 7.66. The van der Waals surface area contributed by atoms with Gasteiger partial charge in [0.2, 0.25) is 0 Å². The third-order valence-electron chi connectivity index (χ3n) is 3.91. The van der Waals surface area contributed by atoms with Gasteiger partial charge in [-0.15, -0.1) is 0 Å². The van der Waals surface area contributed by atoms with Crippen molar-refractivity contribution in [1.29, 1.82) is 0 Å². The number of ether oxygens (including phenoxy) is 2. The summed E-state index contributed by atoms with van der Waals surface area (Å²) in [4.78, 5) is 11.3. The van der Waals surface area contributed by atoms with E-state index in [2.05, 4.69) is 5.16 Å². The van der Waals surface area contributed by atoms with Crippen molar-refractivity contribution in [2.75, 3.05) is 13.2 Å². The van der Waals surface area contributed by atoms with Gasteiger partial charge in [0.05, 0.1) is 19.6 Å². The van der Waals surface area contributed by atoms with Crippen molar-refractivity contribution < 1.29 is 19.5 Å². The van der Waals surface area contributed by atoms with Gasteiger partial charge >= 0.3 is 5.97 Å². The second-order valence-corrected chi connectivity index (χ2v) is 5.52. The molecular weight excluding hydrogens is 318 g/mol. The van der Waals surface area contributed by atoms with E-state index >= 15 is 0 Å². The summed E-state index contributed by atoms with van der Waals surface area (Å²) in [5, 5.41) is 14.8. The summed E-state index contributed by atoms with van der Waals surface area (Å²) in [6.07, 6.45) is 2.07. The van der Waals surface area contributed by atoms with Crippen molar-refractivity contribution in [2.45, 2.75) is 13.3 Å². The Balaban J connectivity index is 1.77. The minimum absolute atomic E-state index is 0.219. The molecule has 0 aromatic heterocycles. The number of oxime groups is 1. The number of rotatable bonds is 6. The van der Waals surface area contributed by atoms with Crippen molar-refractivity contribution in [2.24, 2.45) is 5.16 Å². The van der Waals surface area contributed by atoms with Crippen molar-refractivity contribution >= 4 is 23.3 Å². The van der Waals surface area contributed by atoms with E-state index in [1.54, 1.807) is 6.92 Å². The molecular formula is C20H19NO4. The van der Waals surface area contributed by atoms with Crippen molar-refractivity contribution in [3.05, 3.63) is 64.5 Å². The van der Waals surface area contributed by atoms with Crippen LogP contribution in [0.25, 0.3) is 11.6 Å². The summed E-state index contributed by atoms with van der Waals surface area (Å²) >= 11 is 0. The predicted octanol–water partition coefficient (Wildman–Crippen LogP) is 1.84. The molecule has 3 rings (SSSR count). The normalized spacial score (nSPS) is 14.1. The molecule has 0 heterocycles. The molecule has 0 saturated heterocycles. The zero-order valence-corrected chi connectivity index (χ0v) is 13.9. The van der Waals surface area contributed by atoms with Gasteiger partial charge in [0.1, 0.15) is 11.5 Å². The Labute approximate surface area is 145 Å².